The summed E-state index contributed by atoms with van der Waals surface area (Å²) in [6.07, 6.45) is 1.50. The van der Waals surface area contributed by atoms with Crippen molar-refractivity contribution >= 4 is 5.78 Å². The molecule has 1 unspecified atom stereocenters. The third-order valence-corrected chi connectivity index (χ3v) is 2.84. The van der Waals surface area contributed by atoms with Crippen LogP contribution in [0.5, 0.6) is 0 Å². The Bertz CT molecular complexity index is 429. The molecule has 1 rings (SSSR count). The number of benzene rings is 1. The number of nitriles is 1. The molecule has 0 aliphatic heterocycles. The van der Waals surface area contributed by atoms with Crippen molar-refractivity contribution in [2.75, 3.05) is 0 Å². The van der Waals surface area contributed by atoms with E-state index in [2.05, 4.69) is 6.07 Å². The van der Waals surface area contributed by atoms with Crippen molar-refractivity contribution in [3.05, 3.63) is 34.9 Å². The summed E-state index contributed by atoms with van der Waals surface area (Å²) in [5.74, 6) is -0.542. The summed E-state index contributed by atoms with van der Waals surface area (Å²) < 4.78 is 0. The first kappa shape index (κ1) is 12.4. The summed E-state index contributed by atoms with van der Waals surface area (Å²) >= 11 is 0. The highest BCUT2D eigenvalue weighted by molar-refractivity contribution is 5.99. The van der Waals surface area contributed by atoms with Gasteiger partial charge in [0.25, 0.3) is 0 Å². The molecule has 2 heteroatoms. The lowest BCUT2D eigenvalue weighted by atomic mass is 9.93. The van der Waals surface area contributed by atoms with Crippen LogP contribution >= 0.6 is 0 Å². The van der Waals surface area contributed by atoms with Gasteiger partial charge in [-0.15, -0.1) is 0 Å². The molecule has 0 aliphatic rings. The van der Waals surface area contributed by atoms with Crippen LogP contribution in [0, 0.1) is 31.1 Å². The van der Waals surface area contributed by atoms with E-state index in [1.54, 1.807) is 0 Å². The van der Waals surface area contributed by atoms with Crippen LogP contribution in [0.4, 0.5) is 0 Å². The minimum atomic E-state index is -0.493. The number of hydrogen-bond donors (Lipinski definition) is 0. The lowest BCUT2D eigenvalue weighted by Gasteiger charge is -2.08. The molecule has 2 nitrogen and oxygen atoms in total. The van der Waals surface area contributed by atoms with Gasteiger partial charge in [-0.1, -0.05) is 25.5 Å². The van der Waals surface area contributed by atoms with Gasteiger partial charge in [-0.25, -0.2) is 0 Å². The van der Waals surface area contributed by atoms with Crippen LogP contribution in [0.25, 0.3) is 0 Å². The number of carbonyl (C=O) groups excluding carboxylic acids is 1. The molecule has 1 aromatic rings. The van der Waals surface area contributed by atoms with Gasteiger partial charge in [0.1, 0.15) is 5.92 Å². The zero-order valence-corrected chi connectivity index (χ0v) is 10.1. The molecule has 1 aromatic carbocycles. The van der Waals surface area contributed by atoms with E-state index in [0.29, 0.717) is 12.0 Å². The Kier molecular flexibility index (Phi) is 4.25. The number of nitrogens with zero attached hydrogens (tertiary/aromatic N) is 1. The molecule has 84 valence electrons. The van der Waals surface area contributed by atoms with Gasteiger partial charge in [0.05, 0.1) is 6.07 Å². The predicted octanol–water partition coefficient (Wildman–Crippen LogP) is 3.43. The standard InChI is InChI=1S/C14H17NO/c1-4-5-13(9-15)14(16)12-7-6-10(2)11(3)8-12/h6-8,13H,4-5H2,1-3H3. The molecule has 0 saturated carbocycles. The van der Waals surface area contributed by atoms with Crippen LogP contribution < -0.4 is 0 Å². The van der Waals surface area contributed by atoms with Gasteiger partial charge in [-0.3, -0.25) is 4.79 Å². The monoisotopic (exact) mass is 215 g/mol. The van der Waals surface area contributed by atoms with Crippen LogP contribution in [0.15, 0.2) is 18.2 Å². The average Bonchev–Trinajstić information content (AvgIpc) is 2.28. The van der Waals surface area contributed by atoms with E-state index in [1.165, 1.54) is 5.56 Å². The molecule has 0 saturated heterocycles. The highest BCUT2D eigenvalue weighted by atomic mass is 16.1. The molecule has 0 aliphatic carbocycles. The van der Waals surface area contributed by atoms with Gasteiger partial charge < -0.3 is 0 Å². The van der Waals surface area contributed by atoms with E-state index in [1.807, 2.05) is 39.0 Å². The SMILES string of the molecule is CCCC(C#N)C(=O)c1ccc(C)c(C)c1. The quantitative estimate of drug-likeness (QED) is 0.722. The maximum atomic E-state index is 12.0. The van der Waals surface area contributed by atoms with E-state index in [-0.39, 0.29) is 5.78 Å². The van der Waals surface area contributed by atoms with Crippen LogP contribution in [0.1, 0.15) is 41.3 Å². The molecule has 16 heavy (non-hydrogen) atoms. The number of hydrogen-bond acceptors (Lipinski definition) is 2. The van der Waals surface area contributed by atoms with Gasteiger partial charge in [-0.2, -0.15) is 5.26 Å². The highest BCUT2D eigenvalue weighted by Crippen LogP contribution is 2.16. The Balaban J connectivity index is 2.96. The lowest BCUT2D eigenvalue weighted by Crippen LogP contribution is -2.13. The first-order chi connectivity index (χ1) is 7.60. The number of rotatable bonds is 4. The van der Waals surface area contributed by atoms with E-state index in [0.717, 1.165) is 12.0 Å². The second kappa shape index (κ2) is 5.46. The summed E-state index contributed by atoms with van der Waals surface area (Å²) in [4.78, 5) is 12.0. The Morgan fingerprint density at radius 3 is 2.56 bits per heavy atom. The second-order valence-corrected chi connectivity index (χ2v) is 4.13. The van der Waals surface area contributed by atoms with Crippen molar-refractivity contribution in [1.29, 1.82) is 5.26 Å². The normalized spacial score (nSPS) is 11.9. The zero-order valence-electron chi connectivity index (χ0n) is 10.1. The lowest BCUT2D eigenvalue weighted by molar-refractivity contribution is 0.0943. The largest absolute Gasteiger partial charge is 0.293 e. The number of ketones is 1. The summed E-state index contributed by atoms with van der Waals surface area (Å²) in [5, 5.41) is 8.94. The molecule has 1 atom stereocenters. The summed E-state index contributed by atoms with van der Waals surface area (Å²) in [7, 11) is 0. The zero-order chi connectivity index (χ0) is 12.1. The number of aryl methyl sites for hydroxylation is 2. The topological polar surface area (TPSA) is 40.9 Å². The molecule has 0 radical (unpaired) electrons. The third kappa shape index (κ3) is 2.70. The van der Waals surface area contributed by atoms with Crippen LogP contribution in [-0.2, 0) is 0 Å². The van der Waals surface area contributed by atoms with Gasteiger partial charge in [0.2, 0.25) is 0 Å². The molecule has 0 spiro atoms. The molecule has 0 N–H and O–H groups in total. The molecule has 0 aromatic heterocycles. The van der Waals surface area contributed by atoms with E-state index >= 15 is 0 Å². The molecule has 0 bridgehead atoms. The van der Waals surface area contributed by atoms with Gasteiger partial charge in [-0.05, 0) is 37.5 Å². The van der Waals surface area contributed by atoms with Crippen molar-refractivity contribution in [3.63, 3.8) is 0 Å². The van der Waals surface area contributed by atoms with Gasteiger partial charge >= 0.3 is 0 Å². The second-order valence-electron chi connectivity index (χ2n) is 4.13. The fourth-order valence-electron chi connectivity index (χ4n) is 1.64. The number of Topliss-reactive ketones (excluding diaryl/α,β-unsaturated/α-hetero) is 1. The van der Waals surface area contributed by atoms with Crippen molar-refractivity contribution in [2.24, 2.45) is 5.92 Å². The van der Waals surface area contributed by atoms with Crippen LogP contribution in [0.3, 0.4) is 0 Å². The Hall–Kier alpha value is -1.62. The van der Waals surface area contributed by atoms with Crippen molar-refractivity contribution < 1.29 is 4.79 Å². The molecular weight excluding hydrogens is 198 g/mol. The summed E-state index contributed by atoms with van der Waals surface area (Å²) in [6.45, 7) is 5.97. The predicted molar refractivity (Wildman–Crippen MR) is 64.3 cm³/mol. The Morgan fingerprint density at radius 2 is 2.06 bits per heavy atom. The van der Waals surface area contributed by atoms with E-state index in [4.69, 9.17) is 5.26 Å². The molecule has 0 amide bonds. The minimum Gasteiger partial charge on any atom is -0.293 e. The summed E-state index contributed by atoms with van der Waals surface area (Å²) in [5.41, 5.74) is 2.92. The Morgan fingerprint density at radius 1 is 1.38 bits per heavy atom. The average molecular weight is 215 g/mol. The van der Waals surface area contributed by atoms with Crippen LogP contribution in [-0.4, -0.2) is 5.78 Å². The van der Waals surface area contributed by atoms with Gasteiger partial charge in [0.15, 0.2) is 5.78 Å². The number of carbonyl (C=O) groups is 1. The fraction of sp³-hybridized carbons (Fsp3) is 0.429. The van der Waals surface area contributed by atoms with Crippen molar-refractivity contribution in [3.8, 4) is 6.07 Å². The first-order valence-corrected chi connectivity index (χ1v) is 5.61. The molecular formula is C14H17NO. The van der Waals surface area contributed by atoms with Crippen LogP contribution in [0.2, 0.25) is 0 Å². The Labute approximate surface area is 96.9 Å². The first-order valence-electron chi connectivity index (χ1n) is 5.61. The van der Waals surface area contributed by atoms with Crippen molar-refractivity contribution in [1.82, 2.24) is 0 Å². The fourth-order valence-corrected chi connectivity index (χ4v) is 1.64. The highest BCUT2D eigenvalue weighted by Gasteiger charge is 2.18. The molecule has 0 fully saturated rings. The molecule has 0 heterocycles. The van der Waals surface area contributed by atoms with Gasteiger partial charge in [0, 0.05) is 5.56 Å². The van der Waals surface area contributed by atoms with Crippen molar-refractivity contribution in [2.45, 2.75) is 33.6 Å². The van der Waals surface area contributed by atoms with E-state index in [9.17, 15) is 4.79 Å². The summed E-state index contributed by atoms with van der Waals surface area (Å²) in [6, 6.07) is 7.70. The van der Waals surface area contributed by atoms with E-state index < -0.39 is 5.92 Å². The maximum absolute atomic E-state index is 12.0. The minimum absolute atomic E-state index is 0.0487. The maximum Gasteiger partial charge on any atom is 0.179 e. The smallest absolute Gasteiger partial charge is 0.179 e. The third-order valence-electron chi connectivity index (χ3n) is 2.84.